The van der Waals surface area contributed by atoms with Crippen molar-refractivity contribution in [3.8, 4) is 5.75 Å². The third kappa shape index (κ3) is 7.47. The molecule has 2 N–H and O–H groups in total. The fraction of sp³-hybridized carbons (Fsp3) is 0.412. The molecular weight excluding hydrogens is 328 g/mol. The van der Waals surface area contributed by atoms with E-state index >= 15 is 0 Å². The van der Waals surface area contributed by atoms with Crippen molar-refractivity contribution in [1.29, 1.82) is 0 Å². The Morgan fingerprint density at radius 2 is 1.72 bits per heavy atom. The van der Waals surface area contributed by atoms with Crippen molar-refractivity contribution in [2.75, 3.05) is 19.8 Å². The third-order valence-corrected chi connectivity index (χ3v) is 3.10. The number of carbonyl (C=O) groups is 4. The minimum absolute atomic E-state index is 0.0705. The molecule has 0 spiro atoms. The SMILES string of the molecule is CCNC(=O)[C@H](C)NC(=O)COC(=O)COc1ccc(C(C)=O)cc1. The molecule has 1 atom stereocenters. The molecule has 0 aliphatic heterocycles. The van der Waals surface area contributed by atoms with Crippen LogP contribution >= 0.6 is 0 Å². The van der Waals surface area contributed by atoms with Gasteiger partial charge in [-0.15, -0.1) is 0 Å². The fourth-order valence-electron chi connectivity index (χ4n) is 1.79. The minimum Gasteiger partial charge on any atom is -0.482 e. The zero-order chi connectivity index (χ0) is 18.8. The Kier molecular flexibility index (Phi) is 8.11. The van der Waals surface area contributed by atoms with Crippen molar-refractivity contribution in [3.63, 3.8) is 0 Å². The molecule has 25 heavy (non-hydrogen) atoms. The van der Waals surface area contributed by atoms with E-state index in [9.17, 15) is 19.2 Å². The highest BCUT2D eigenvalue weighted by Crippen LogP contribution is 2.12. The Morgan fingerprint density at radius 1 is 1.08 bits per heavy atom. The molecule has 0 unspecified atom stereocenters. The van der Waals surface area contributed by atoms with Gasteiger partial charge in [0.15, 0.2) is 19.0 Å². The average Bonchev–Trinajstić information content (AvgIpc) is 2.58. The van der Waals surface area contributed by atoms with Gasteiger partial charge in [0, 0.05) is 12.1 Å². The Morgan fingerprint density at radius 3 is 2.28 bits per heavy atom. The molecule has 8 heteroatoms. The molecule has 0 heterocycles. The van der Waals surface area contributed by atoms with E-state index in [0.717, 1.165) is 0 Å². The van der Waals surface area contributed by atoms with Crippen LogP contribution in [0.25, 0.3) is 0 Å². The highest BCUT2D eigenvalue weighted by molar-refractivity contribution is 5.94. The van der Waals surface area contributed by atoms with Gasteiger partial charge in [-0.2, -0.15) is 0 Å². The van der Waals surface area contributed by atoms with Crippen LogP contribution < -0.4 is 15.4 Å². The number of hydrogen-bond acceptors (Lipinski definition) is 6. The van der Waals surface area contributed by atoms with Crippen LogP contribution in [0, 0.1) is 0 Å². The van der Waals surface area contributed by atoms with E-state index in [0.29, 0.717) is 17.9 Å². The van der Waals surface area contributed by atoms with Crippen molar-refractivity contribution in [1.82, 2.24) is 10.6 Å². The summed E-state index contributed by atoms with van der Waals surface area (Å²) in [7, 11) is 0. The molecular formula is C17H22N2O6. The number of esters is 1. The lowest BCUT2D eigenvalue weighted by molar-refractivity contribution is -0.150. The summed E-state index contributed by atoms with van der Waals surface area (Å²) >= 11 is 0. The van der Waals surface area contributed by atoms with Crippen molar-refractivity contribution >= 4 is 23.6 Å². The van der Waals surface area contributed by atoms with E-state index in [1.165, 1.54) is 13.8 Å². The average molecular weight is 350 g/mol. The van der Waals surface area contributed by atoms with Crippen molar-refractivity contribution in [3.05, 3.63) is 29.8 Å². The third-order valence-electron chi connectivity index (χ3n) is 3.10. The van der Waals surface area contributed by atoms with Crippen LogP contribution in [0.4, 0.5) is 0 Å². The molecule has 0 aliphatic carbocycles. The van der Waals surface area contributed by atoms with Gasteiger partial charge in [0.25, 0.3) is 5.91 Å². The molecule has 0 aliphatic rings. The van der Waals surface area contributed by atoms with Crippen LogP contribution in [0.1, 0.15) is 31.1 Å². The Balaban J connectivity index is 2.31. The molecule has 0 saturated heterocycles. The van der Waals surface area contributed by atoms with Gasteiger partial charge in [0.2, 0.25) is 5.91 Å². The van der Waals surface area contributed by atoms with Crippen molar-refractivity contribution < 1.29 is 28.7 Å². The molecule has 8 nitrogen and oxygen atoms in total. The number of ether oxygens (including phenoxy) is 2. The number of benzene rings is 1. The lowest BCUT2D eigenvalue weighted by Crippen LogP contribution is -2.46. The predicted molar refractivity (Wildman–Crippen MR) is 89.2 cm³/mol. The van der Waals surface area contributed by atoms with Gasteiger partial charge in [-0.3, -0.25) is 14.4 Å². The molecule has 0 fully saturated rings. The van der Waals surface area contributed by atoms with E-state index in [1.54, 1.807) is 31.2 Å². The second-order valence-corrected chi connectivity index (χ2v) is 5.21. The number of likely N-dealkylation sites (N-methyl/N-ethyl adjacent to an activating group) is 1. The van der Waals surface area contributed by atoms with Gasteiger partial charge in [0.1, 0.15) is 11.8 Å². The first-order chi connectivity index (χ1) is 11.8. The monoisotopic (exact) mass is 350 g/mol. The van der Waals surface area contributed by atoms with Crippen LogP contribution in [0.5, 0.6) is 5.75 Å². The first-order valence-electron chi connectivity index (χ1n) is 7.80. The van der Waals surface area contributed by atoms with Crippen LogP contribution in [-0.2, 0) is 19.1 Å². The highest BCUT2D eigenvalue weighted by Gasteiger charge is 2.16. The standard InChI is InChI=1S/C17H22N2O6/c1-4-18-17(23)11(2)19-15(21)9-25-16(22)10-24-14-7-5-13(6-8-14)12(3)20/h5-8,11H,4,9-10H2,1-3H3,(H,18,23)(H,19,21)/t11-/m0/s1. The van der Waals surface area contributed by atoms with Crippen LogP contribution in [0.2, 0.25) is 0 Å². The van der Waals surface area contributed by atoms with E-state index in [2.05, 4.69) is 10.6 Å². The molecule has 1 aromatic rings. The molecule has 136 valence electrons. The Bertz CT molecular complexity index is 627. The maximum absolute atomic E-state index is 11.6. The topological polar surface area (TPSA) is 111 Å². The molecule has 1 rings (SSSR count). The molecule has 0 bridgehead atoms. The highest BCUT2D eigenvalue weighted by atomic mass is 16.6. The number of nitrogens with one attached hydrogen (secondary N) is 2. The summed E-state index contributed by atoms with van der Waals surface area (Å²) < 4.78 is 9.97. The van der Waals surface area contributed by atoms with E-state index in [4.69, 9.17) is 9.47 Å². The summed E-state index contributed by atoms with van der Waals surface area (Å²) in [4.78, 5) is 45.8. The van der Waals surface area contributed by atoms with Gasteiger partial charge in [-0.25, -0.2) is 4.79 Å². The maximum Gasteiger partial charge on any atom is 0.344 e. The number of Topliss-reactive ketones (excluding diaryl/α,β-unsaturated/α-hetero) is 1. The second-order valence-electron chi connectivity index (χ2n) is 5.21. The number of hydrogen-bond donors (Lipinski definition) is 2. The van der Waals surface area contributed by atoms with E-state index < -0.39 is 24.5 Å². The largest absolute Gasteiger partial charge is 0.482 e. The van der Waals surface area contributed by atoms with Gasteiger partial charge in [-0.1, -0.05) is 0 Å². The fourth-order valence-corrected chi connectivity index (χ4v) is 1.79. The molecule has 0 aromatic heterocycles. The Labute approximate surface area is 145 Å². The van der Waals surface area contributed by atoms with Crippen LogP contribution in [-0.4, -0.2) is 49.4 Å². The lowest BCUT2D eigenvalue weighted by atomic mass is 10.1. The van der Waals surface area contributed by atoms with Crippen LogP contribution in [0.3, 0.4) is 0 Å². The number of carbonyl (C=O) groups excluding carboxylic acids is 4. The molecule has 1 aromatic carbocycles. The van der Waals surface area contributed by atoms with Crippen molar-refractivity contribution in [2.45, 2.75) is 26.8 Å². The maximum atomic E-state index is 11.6. The summed E-state index contributed by atoms with van der Waals surface area (Å²) in [5.41, 5.74) is 0.535. The molecule has 2 amide bonds. The minimum atomic E-state index is -0.726. The summed E-state index contributed by atoms with van der Waals surface area (Å²) in [5.74, 6) is -1.30. The molecule has 0 radical (unpaired) electrons. The molecule has 0 saturated carbocycles. The Hall–Kier alpha value is -2.90. The number of rotatable bonds is 9. The lowest BCUT2D eigenvalue weighted by Gasteiger charge is -2.13. The van der Waals surface area contributed by atoms with E-state index in [1.807, 2.05) is 0 Å². The second kappa shape index (κ2) is 10.1. The zero-order valence-electron chi connectivity index (χ0n) is 14.5. The summed E-state index contributed by atoms with van der Waals surface area (Å²) in [6.07, 6.45) is 0. The van der Waals surface area contributed by atoms with Gasteiger partial charge < -0.3 is 20.1 Å². The summed E-state index contributed by atoms with van der Waals surface area (Å²) in [6, 6.07) is 5.57. The van der Waals surface area contributed by atoms with Gasteiger partial charge >= 0.3 is 5.97 Å². The zero-order valence-corrected chi connectivity index (χ0v) is 14.5. The van der Waals surface area contributed by atoms with E-state index in [-0.39, 0.29) is 18.3 Å². The summed E-state index contributed by atoms with van der Waals surface area (Å²) in [6.45, 7) is 4.32. The smallest absolute Gasteiger partial charge is 0.344 e. The number of ketones is 1. The van der Waals surface area contributed by atoms with Gasteiger partial charge in [-0.05, 0) is 45.0 Å². The predicted octanol–water partition coefficient (Wildman–Crippen LogP) is 0.452. The quantitative estimate of drug-likeness (QED) is 0.494. The van der Waals surface area contributed by atoms with Crippen molar-refractivity contribution in [2.24, 2.45) is 0 Å². The first-order valence-corrected chi connectivity index (χ1v) is 7.80. The van der Waals surface area contributed by atoms with Crippen LogP contribution in [0.15, 0.2) is 24.3 Å². The number of amides is 2. The van der Waals surface area contributed by atoms with Gasteiger partial charge in [0.05, 0.1) is 0 Å². The first kappa shape index (κ1) is 20.1. The summed E-state index contributed by atoms with van der Waals surface area (Å²) in [5, 5.41) is 4.97. The normalized spacial score (nSPS) is 11.2.